The Morgan fingerprint density at radius 2 is 1.84 bits per heavy atom. The maximum atomic E-state index is 12.3. The third-order valence-electron chi connectivity index (χ3n) is 4.43. The molecule has 1 amide bonds. The summed E-state index contributed by atoms with van der Waals surface area (Å²) < 4.78 is 1.64. The Balaban J connectivity index is 2.43. The molecule has 1 unspecified atom stereocenters. The van der Waals surface area contributed by atoms with Gasteiger partial charge in [-0.2, -0.15) is 5.10 Å². The minimum atomic E-state index is -0.0163. The molecule has 0 bridgehead atoms. The molecular weight excluding hydrogens is 336 g/mol. The Kier molecular flexibility index (Phi) is 10.8. The molecule has 0 aliphatic rings. The first-order valence-corrected chi connectivity index (χ1v) is 10.0. The van der Waals surface area contributed by atoms with E-state index >= 15 is 0 Å². The first-order valence-electron chi connectivity index (χ1n) is 9.67. The van der Waals surface area contributed by atoms with Gasteiger partial charge in [0.2, 0.25) is 5.91 Å². The fraction of sp³-hybridized carbons (Fsp3) is 0.789. The van der Waals surface area contributed by atoms with Crippen molar-refractivity contribution in [2.45, 2.75) is 78.8 Å². The van der Waals surface area contributed by atoms with Crippen LogP contribution >= 0.6 is 11.6 Å². The van der Waals surface area contributed by atoms with E-state index in [0.717, 1.165) is 25.3 Å². The zero-order valence-electron chi connectivity index (χ0n) is 16.4. The first-order chi connectivity index (χ1) is 12.0. The van der Waals surface area contributed by atoms with Crippen molar-refractivity contribution in [2.75, 3.05) is 19.6 Å². The lowest BCUT2D eigenvalue weighted by Crippen LogP contribution is -2.43. The van der Waals surface area contributed by atoms with Gasteiger partial charge in [0.15, 0.2) is 0 Å². The van der Waals surface area contributed by atoms with Crippen LogP contribution in [0, 0.1) is 6.92 Å². The van der Waals surface area contributed by atoms with E-state index in [4.69, 9.17) is 11.6 Å². The van der Waals surface area contributed by atoms with Crippen LogP contribution in [0.4, 0.5) is 0 Å². The van der Waals surface area contributed by atoms with Crippen LogP contribution in [-0.4, -0.2) is 46.3 Å². The van der Waals surface area contributed by atoms with E-state index < -0.39 is 0 Å². The van der Waals surface area contributed by atoms with Crippen LogP contribution in [0.3, 0.4) is 0 Å². The van der Waals surface area contributed by atoms with Gasteiger partial charge in [0.25, 0.3) is 0 Å². The van der Waals surface area contributed by atoms with Crippen LogP contribution in [0.5, 0.6) is 0 Å². The molecule has 1 N–H and O–H groups in total. The number of nitrogens with one attached hydrogen (secondary N) is 1. The van der Waals surface area contributed by atoms with E-state index in [1.54, 1.807) is 10.9 Å². The van der Waals surface area contributed by atoms with Gasteiger partial charge in [-0.3, -0.25) is 9.48 Å². The molecule has 0 aliphatic heterocycles. The van der Waals surface area contributed by atoms with Gasteiger partial charge in [-0.1, -0.05) is 51.1 Å². The van der Waals surface area contributed by atoms with Crippen molar-refractivity contribution in [3.8, 4) is 0 Å². The van der Waals surface area contributed by atoms with Crippen molar-refractivity contribution in [3.05, 3.63) is 16.9 Å². The highest BCUT2D eigenvalue weighted by Crippen LogP contribution is 2.12. The Morgan fingerprint density at radius 3 is 2.32 bits per heavy atom. The van der Waals surface area contributed by atoms with Gasteiger partial charge in [-0.15, -0.1) is 0 Å². The van der Waals surface area contributed by atoms with Gasteiger partial charge in [0.05, 0.1) is 16.9 Å². The van der Waals surface area contributed by atoms with E-state index in [-0.39, 0.29) is 18.5 Å². The molecule has 0 fully saturated rings. The predicted molar refractivity (Wildman–Crippen MR) is 105 cm³/mol. The second-order valence-corrected chi connectivity index (χ2v) is 7.33. The maximum absolute atomic E-state index is 12.3. The topological polar surface area (TPSA) is 50.2 Å². The van der Waals surface area contributed by atoms with Crippen molar-refractivity contribution in [1.82, 2.24) is 20.0 Å². The van der Waals surface area contributed by atoms with Crippen LogP contribution in [0.1, 0.15) is 65.0 Å². The highest BCUT2D eigenvalue weighted by atomic mass is 35.5. The normalized spacial score (nSPS) is 12.6. The lowest BCUT2D eigenvalue weighted by molar-refractivity contribution is -0.122. The zero-order chi connectivity index (χ0) is 18.7. The fourth-order valence-electron chi connectivity index (χ4n) is 2.94. The first kappa shape index (κ1) is 22.0. The summed E-state index contributed by atoms with van der Waals surface area (Å²) in [6.07, 6.45) is 9.05. The summed E-state index contributed by atoms with van der Waals surface area (Å²) in [4.78, 5) is 14.7. The SMILES string of the molecule is CCCCCN(CCCCC)CC(C)NC(=O)Cn1ncc(Cl)c1C. The fourth-order valence-corrected chi connectivity index (χ4v) is 3.08. The van der Waals surface area contributed by atoms with Gasteiger partial charge in [-0.25, -0.2) is 0 Å². The molecule has 144 valence electrons. The summed E-state index contributed by atoms with van der Waals surface area (Å²) in [5.74, 6) is -0.0163. The highest BCUT2D eigenvalue weighted by molar-refractivity contribution is 6.31. The van der Waals surface area contributed by atoms with E-state index in [1.807, 2.05) is 6.92 Å². The minimum Gasteiger partial charge on any atom is -0.351 e. The third-order valence-corrected chi connectivity index (χ3v) is 4.80. The van der Waals surface area contributed by atoms with Gasteiger partial charge < -0.3 is 10.2 Å². The van der Waals surface area contributed by atoms with E-state index in [0.29, 0.717) is 5.02 Å². The summed E-state index contributed by atoms with van der Waals surface area (Å²) >= 11 is 5.99. The van der Waals surface area contributed by atoms with Gasteiger partial charge in [0.1, 0.15) is 6.54 Å². The number of hydrogen-bond donors (Lipinski definition) is 1. The van der Waals surface area contributed by atoms with Crippen molar-refractivity contribution in [2.24, 2.45) is 0 Å². The average molecular weight is 371 g/mol. The van der Waals surface area contributed by atoms with Crippen LogP contribution in [0.15, 0.2) is 6.20 Å². The number of unbranched alkanes of at least 4 members (excludes halogenated alkanes) is 4. The zero-order valence-corrected chi connectivity index (χ0v) is 17.1. The number of carbonyl (C=O) groups excluding carboxylic acids is 1. The van der Waals surface area contributed by atoms with Crippen LogP contribution in [0.2, 0.25) is 5.02 Å². The summed E-state index contributed by atoms with van der Waals surface area (Å²) in [6, 6.07) is 0.127. The highest BCUT2D eigenvalue weighted by Gasteiger charge is 2.14. The number of rotatable bonds is 13. The van der Waals surface area contributed by atoms with Crippen LogP contribution in [-0.2, 0) is 11.3 Å². The molecule has 1 rings (SSSR count). The molecule has 0 spiro atoms. The van der Waals surface area contributed by atoms with Gasteiger partial charge in [0, 0.05) is 12.6 Å². The Labute approximate surface area is 158 Å². The molecule has 0 aliphatic carbocycles. The summed E-state index contributed by atoms with van der Waals surface area (Å²) in [6.45, 7) is 11.8. The Hall–Kier alpha value is -1.07. The molecular formula is C19H35ClN4O. The molecule has 0 radical (unpaired) electrons. The molecule has 1 atom stereocenters. The van der Waals surface area contributed by atoms with Crippen molar-refractivity contribution in [1.29, 1.82) is 0 Å². The third kappa shape index (κ3) is 8.73. The molecule has 25 heavy (non-hydrogen) atoms. The minimum absolute atomic E-state index is 0.0163. The summed E-state index contributed by atoms with van der Waals surface area (Å²) in [5.41, 5.74) is 0.824. The molecule has 0 aromatic carbocycles. The molecule has 0 saturated heterocycles. The number of nitrogens with zero attached hydrogens (tertiary/aromatic N) is 3. The number of amides is 1. The Morgan fingerprint density at radius 1 is 1.24 bits per heavy atom. The number of aromatic nitrogens is 2. The Bertz CT molecular complexity index is 494. The lowest BCUT2D eigenvalue weighted by atomic mass is 10.2. The van der Waals surface area contributed by atoms with Crippen molar-refractivity contribution in [3.63, 3.8) is 0 Å². The second-order valence-electron chi connectivity index (χ2n) is 6.92. The lowest BCUT2D eigenvalue weighted by Gasteiger charge is -2.26. The maximum Gasteiger partial charge on any atom is 0.241 e. The van der Waals surface area contributed by atoms with Crippen LogP contribution in [0.25, 0.3) is 0 Å². The quantitative estimate of drug-likeness (QED) is 0.533. The monoisotopic (exact) mass is 370 g/mol. The molecule has 5 nitrogen and oxygen atoms in total. The standard InChI is InChI=1S/C19H35ClN4O/c1-5-7-9-11-23(12-10-8-6-2)14-16(3)22-19(25)15-24-17(4)18(20)13-21-24/h13,16H,5-12,14-15H2,1-4H3,(H,22,25). The van der Waals surface area contributed by atoms with Crippen molar-refractivity contribution < 1.29 is 4.79 Å². The summed E-state index contributed by atoms with van der Waals surface area (Å²) in [7, 11) is 0. The van der Waals surface area contributed by atoms with E-state index in [1.165, 1.54) is 38.5 Å². The van der Waals surface area contributed by atoms with Gasteiger partial charge in [-0.05, 0) is 39.8 Å². The number of halogens is 1. The molecule has 1 aromatic heterocycles. The smallest absolute Gasteiger partial charge is 0.241 e. The summed E-state index contributed by atoms with van der Waals surface area (Å²) in [5, 5.41) is 7.82. The predicted octanol–water partition coefficient (Wildman–Crippen LogP) is 4.03. The number of hydrogen-bond acceptors (Lipinski definition) is 3. The molecule has 0 saturated carbocycles. The molecule has 6 heteroatoms. The van der Waals surface area contributed by atoms with Crippen LogP contribution < -0.4 is 5.32 Å². The van der Waals surface area contributed by atoms with Gasteiger partial charge >= 0.3 is 0 Å². The van der Waals surface area contributed by atoms with E-state index in [9.17, 15) is 4.79 Å². The second kappa shape index (κ2) is 12.3. The number of carbonyl (C=O) groups is 1. The largest absolute Gasteiger partial charge is 0.351 e. The molecule has 1 heterocycles. The van der Waals surface area contributed by atoms with E-state index in [2.05, 4.69) is 36.1 Å². The average Bonchev–Trinajstić information content (AvgIpc) is 2.87. The van der Waals surface area contributed by atoms with Crippen molar-refractivity contribution >= 4 is 17.5 Å². The molecule has 1 aromatic rings.